The highest BCUT2D eigenvalue weighted by molar-refractivity contribution is 7.16. The molecule has 13 heteroatoms. The number of thiophene rings is 1. The summed E-state index contributed by atoms with van der Waals surface area (Å²) in [6.07, 6.45) is 0. The summed E-state index contributed by atoms with van der Waals surface area (Å²) in [6, 6.07) is 9.72. The number of hydrogen-bond acceptors (Lipinski definition) is 8. The lowest BCUT2D eigenvalue weighted by atomic mass is 10.2. The number of carbonyl (C=O) groups excluding carboxylic acids is 2. The first kappa shape index (κ1) is 24.3. The van der Waals surface area contributed by atoms with Gasteiger partial charge in [-0.15, -0.1) is 11.3 Å². The monoisotopic (exact) mass is 532 g/mol. The molecule has 0 unspecified atom stereocenters. The number of esters is 1. The lowest BCUT2D eigenvalue weighted by Crippen LogP contribution is -2.25. The Labute approximate surface area is 210 Å². The summed E-state index contributed by atoms with van der Waals surface area (Å²) in [5.41, 5.74) is -0.950. The molecule has 0 atom stereocenters. The molecule has 2 aromatic carbocycles. The van der Waals surface area contributed by atoms with E-state index in [1.165, 1.54) is 23.6 Å². The third kappa shape index (κ3) is 4.74. The fraction of sp³-hybridized carbons (Fsp3) is 0.0909. The molecule has 2 heterocycles. The highest BCUT2D eigenvalue weighted by Gasteiger charge is 2.24. The molecule has 0 bridgehead atoms. The van der Waals surface area contributed by atoms with Crippen molar-refractivity contribution in [2.45, 2.75) is 6.92 Å². The topological polar surface area (TPSA) is 133 Å². The minimum atomic E-state index is -0.773. The maximum atomic E-state index is 13.4. The van der Waals surface area contributed by atoms with E-state index in [2.05, 4.69) is 10.4 Å². The van der Waals surface area contributed by atoms with Crippen LogP contribution >= 0.6 is 34.5 Å². The Balaban J connectivity index is 1.88. The number of nitrogens with one attached hydrogen (secondary N) is 1. The second-order valence-corrected chi connectivity index (χ2v) is 8.72. The summed E-state index contributed by atoms with van der Waals surface area (Å²) in [5, 5.41) is 20.0. The molecule has 4 aromatic rings. The number of benzene rings is 2. The van der Waals surface area contributed by atoms with Gasteiger partial charge in [0.05, 0.1) is 33.2 Å². The lowest BCUT2D eigenvalue weighted by molar-refractivity contribution is -0.384. The third-order valence-corrected chi connectivity index (χ3v) is 6.27. The molecule has 2 aromatic heterocycles. The zero-order valence-electron chi connectivity index (χ0n) is 17.8. The first-order valence-electron chi connectivity index (χ1n) is 9.94. The summed E-state index contributed by atoms with van der Waals surface area (Å²) < 4.78 is 6.08. The standard InChI is InChI=1S/C22H14Cl2N4O6S/c1-2-34-22(31)18-15-10-35-20(25-19(29)14-9-13(28(32)33)6-7-16(14)24)17(15)21(30)27(26-18)12-5-3-4-11(23)8-12/h3-10H,2H2,1H3,(H,25,29). The highest BCUT2D eigenvalue weighted by Crippen LogP contribution is 2.32. The van der Waals surface area contributed by atoms with Gasteiger partial charge in [0.25, 0.3) is 17.2 Å². The molecule has 0 saturated carbocycles. The number of halogens is 2. The van der Waals surface area contributed by atoms with E-state index < -0.39 is 22.4 Å². The third-order valence-electron chi connectivity index (χ3n) is 4.81. The number of amides is 1. The molecule has 0 radical (unpaired) electrons. The molecule has 0 aliphatic heterocycles. The van der Waals surface area contributed by atoms with E-state index in [0.29, 0.717) is 10.7 Å². The van der Waals surface area contributed by atoms with Crippen molar-refractivity contribution in [3.05, 3.63) is 89.6 Å². The van der Waals surface area contributed by atoms with Crippen molar-refractivity contribution in [1.29, 1.82) is 0 Å². The number of nitro groups is 1. The van der Waals surface area contributed by atoms with Gasteiger partial charge in [-0.25, -0.2) is 4.79 Å². The number of ether oxygens (including phenoxy) is 1. The van der Waals surface area contributed by atoms with Crippen LogP contribution in [0.15, 0.2) is 52.6 Å². The molecule has 0 aliphatic rings. The Kier molecular flexibility index (Phi) is 6.83. The first-order valence-corrected chi connectivity index (χ1v) is 11.6. The maximum Gasteiger partial charge on any atom is 0.359 e. The second-order valence-electron chi connectivity index (χ2n) is 6.99. The van der Waals surface area contributed by atoms with Crippen LogP contribution in [0.5, 0.6) is 0 Å². The van der Waals surface area contributed by atoms with E-state index in [1.807, 2.05) is 0 Å². The smallest absolute Gasteiger partial charge is 0.359 e. The van der Waals surface area contributed by atoms with Crippen LogP contribution in [0.4, 0.5) is 10.7 Å². The Morgan fingerprint density at radius 1 is 1.23 bits per heavy atom. The fourth-order valence-electron chi connectivity index (χ4n) is 3.25. The molecule has 0 spiro atoms. The van der Waals surface area contributed by atoms with Crippen molar-refractivity contribution < 1.29 is 19.2 Å². The number of rotatable bonds is 6. The molecule has 178 valence electrons. The quantitative estimate of drug-likeness (QED) is 0.207. The molecule has 10 nitrogen and oxygen atoms in total. The van der Waals surface area contributed by atoms with Crippen LogP contribution in [-0.4, -0.2) is 33.2 Å². The average molecular weight is 533 g/mol. The van der Waals surface area contributed by atoms with Crippen molar-refractivity contribution in [2.24, 2.45) is 0 Å². The first-order chi connectivity index (χ1) is 16.7. The van der Waals surface area contributed by atoms with Crippen LogP contribution < -0.4 is 10.9 Å². The van der Waals surface area contributed by atoms with E-state index in [-0.39, 0.29) is 44.3 Å². The van der Waals surface area contributed by atoms with Crippen molar-refractivity contribution in [3.63, 3.8) is 0 Å². The molecule has 4 rings (SSSR count). The summed E-state index contributed by atoms with van der Waals surface area (Å²) >= 11 is 13.1. The van der Waals surface area contributed by atoms with Crippen LogP contribution in [0.2, 0.25) is 10.0 Å². The SMILES string of the molecule is CCOC(=O)c1nn(-c2cccc(Cl)c2)c(=O)c2c(NC(=O)c3cc([N+](=O)[O-])ccc3Cl)scc12. The van der Waals surface area contributed by atoms with Crippen LogP contribution in [0, 0.1) is 10.1 Å². The van der Waals surface area contributed by atoms with Gasteiger partial charge in [0.15, 0.2) is 5.69 Å². The lowest BCUT2D eigenvalue weighted by Gasteiger charge is -2.10. The van der Waals surface area contributed by atoms with Gasteiger partial charge in [-0.1, -0.05) is 29.3 Å². The summed E-state index contributed by atoms with van der Waals surface area (Å²) in [5.74, 6) is -1.53. The van der Waals surface area contributed by atoms with Crippen LogP contribution in [0.1, 0.15) is 27.8 Å². The molecule has 0 fully saturated rings. The van der Waals surface area contributed by atoms with Gasteiger partial charge in [-0.05, 0) is 31.2 Å². The van der Waals surface area contributed by atoms with E-state index in [1.54, 1.807) is 25.1 Å². The van der Waals surface area contributed by atoms with Crippen molar-refractivity contribution in [1.82, 2.24) is 9.78 Å². The van der Waals surface area contributed by atoms with E-state index in [4.69, 9.17) is 27.9 Å². The number of aromatic nitrogens is 2. The normalized spacial score (nSPS) is 10.8. The average Bonchev–Trinajstić information content (AvgIpc) is 3.23. The van der Waals surface area contributed by atoms with Gasteiger partial charge in [0.1, 0.15) is 5.00 Å². The van der Waals surface area contributed by atoms with E-state index >= 15 is 0 Å². The van der Waals surface area contributed by atoms with Gasteiger partial charge in [0.2, 0.25) is 0 Å². The van der Waals surface area contributed by atoms with E-state index in [9.17, 15) is 24.5 Å². The van der Waals surface area contributed by atoms with Gasteiger partial charge in [-0.2, -0.15) is 9.78 Å². The van der Waals surface area contributed by atoms with Crippen LogP contribution in [0.25, 0.3) is 16.5 Å². The van der Waals surface area contributed by atoms with Crippen LogP contribution in [0.3, 0.4) is 0 Å². The summed E-state index contributed by atoms with van der Waals surface area (Å²) in [4.78, 5) is 49.4. The second kappa shape index (κ2) is 9.82. The molecule has 1 amide bonds. The summed E-state index contributed by atoms with van der Waals surface area (Å²) in [7, 11) is 0. The minimum absolute atomic E-state index is 0.00271. The number of nitro benzene ring substituents is 1. The zero-order valence-corrected chi connectivity index (χ0v) is 20.1. The predicted molar refractivity (Wildman–Crippen MR) is 132 cm³/mol. The van der Waals surface area contributed by atoms with Gasteiger partial charge >= 0.3 is 5.97 Å². The maximum absolute atomic E-state index is 13.4. The number of carbonyl (C=O) groups is 2. The number of anilines is 1. The molecule has 35 heavy (non-hydrogen) atoms. The molecule has 1 N–H and O–H groups in total. The Bertz CT molecular complexity index is 1570. The predicted octanol–water partition coefficient (Wildman–Crippen LogP) is 5.09. The van der Waals surface area contributed by atoms with Crippen molar-refractivity contribution in [2.75, 3.05) is 11.9 Å². The minimum Gasteiger partial charge on any atom is -0.461 e. The highest BCUT2D eigenvalue weighted by atomic mass is 35.5. The molecule has 0 saturated heterocycles. The van der Waals surface area contributed by atoms with Gasteiger partial charge in [-0.3, -0.25) is 19.7 Å². The number of non-ortho nitro benzene ring substituents is 1. The number of nitrogens with zero attached hydrogens (tertiary/aromatic N) is 3. The number of hydrogen-bond donors (Lipinski definition) is 1. The Morgan fingerprint density at radius 2 is 2.00 bits per heavy atom. The zero-order chi connectivity index (χ0) is 25.3. The molecular weight excluding hydrogens is 519 g/mol. The largest absolute Gasteiger partial charge is 0.461 e. The van der Waals surface area contributed by atoms with E-state index in [0.717, 1.165) is 22.1 Å². The van der Waals surface area contributed by atoms with Gasteiger partial charge < -0.3 is 10.1 Å². The number of fused-ring (bicyclic) bond motifs is 1. The molecule has 0 aliphatic carbocycles. The Morgan fingerprint density at radius 3 is 2.69 bits per heavy atom. The molecular formula is C22H14Cl2N4O6S. The van der Waals surface area contributed by atoms with Crippen LogP contribution in [-0.2, 0) is 4.74 Å². The fourth-order valence-corrected chi connectivity index (χ4v) is 4.57. The van der Waals surface area contributed by atoms with Gasteiger partial charge in [0, 0.05) is 27.9 Å². The Hall–Kier alpha value is -3.80. The van der Waals surface area contributed by atoms with Crippen molar-refractivity contribution >= 4 is 67.9 Å². The van der Waals surface area contributed by atoms with Crippen molar-refractivity contribution in [3.8, 4) is 5.69 Å². The summed E-state index contributed by atoms with van der Waals surface area (Å²) in [6.45, 7) is 1.71.